The molecule has 4 nitrogen and oxygen atoms in total. The van der Waals surface area contributed by atoms with E-state index in [4.69, 9.17) is 4.74 Å². The smallest absolute Gasteiger partial charge is 0.418 e. The number of ether oxygens (including phenoxy) is 2. The van der Waals surface area contributed by atoms with E-state index in [0.29, 0.717) is 0 Å². The van der Waals surface area contributed by atoms with Crippen molar-refractivity contribution in [3.05, 3.63) is 0 Å². The van der Waals surface area contributed by atoms with E-state index < -0.39 is 17.5 Å². The van der Waals surface area contributed by atoms with Crippen molar-refractivity contribution in [3.8, 4) is 0 Å². The number of unbranched alkanes of at least 4 members (excludes halogenated alkanes) is 1. The summed E-state index contributed by atoms with van der Waals surface area (Å²) in [5.74, 6) is -1.75. The van der Waals surface area contributed by atoms with Crippen LogP contribution in [-0.2, 0) is 19.1 Å². The van der Waals surface area contributed by atoms with Crippen LogP contribution < -0.4 is 0 Å². The molecule has 0 saturated heterocycles. The van der Waals surface area contributed by atoms with E-state index in [9.17, 15) is 9.59 Å². The first-order valence-electron chi connectivity index (χ1n) is 5.95. The molecule has 0 aromatic rings. The van der Waals surface area contributed by atoms with Gasteiger partial charge in [0.2, 0.25) is 0 Å². The van der Waals surface area contributed by atoms with Crippen molar-refractivity contribution in [1.29, 1.82) is 0 Å². The predicted molar refractivity (Wildman–Crippen MR) is 58.8 cm³/mol. The molecule has 4 heteroatoms. The van der Waals surface area contributed by atoms with Gasteiger partial charge in [0.15, 0.2) is 0 Å². The highest BCUT2D eigenvalue weighted by Crippen LogP contribution is 2.37. The van der Waals surface area contributed by atoms with E-state index in [2.05, 4.69) is 11.7 Å². The van der Waals surface area contributed by atoms with Gasteiger partial charge >= 0.3 is 11.9 Å². The molecule has 1 rings (SSSR count). The van der Waals surface area contributed by atoms with Crippen molar-refractivity contribution in [2.45, 2.75) is 57.5 Å². The zero-order valence-corrected chi connectivity index (χ0v) is 10.1. The summed E-state index contributed by atoms with van der Waals surface area (Å²) >= 11 is 0. The van der Waals surface area contributed by atoms with Gasteiger partial charge in [-0.05, 0) is 38.5 Å². The van der Waals surface area contributed by atoms with E-state index in [1.165, 1.54) is 7.11 Å². The number of methoxy groups -OCH3 is 1. The Labute approximate surface area is 96.3 Å². The van der Waals surface area contributed by atoms with Crippen LogP contribution in [-0.4, -0.2) is 24.6 Å². The van der Waals surface area contributed by atoms with Crippen LogP contribution in [0.5, 0.6) is 0 Å². The van der Waals surface area contributed by atoms with Crippen LogP contribution in [0.25, 0.3) is 0 Å². The van der Waals surface area contributed by atoms with E-state index in [1.54, 1.807) is 0 Å². The van der Waals surface area contributed by atoms with Crippen LogP contribution in [0.3, 0.4) is 0 Å². The van der Waals surface area contributed by atoms with Gasteiger partial charge in [0.05, 0.1) is 7.11 Å². The van der Waals surface area contributed by atoms with Gasteiger partial charge in [-0.25, -0.2) is 9.59 Å². The van der Waals surface area contributed by atoms with Gasteiger partial charge in [-0.2, -0.15) is 0 Å². The first-order chi connectivity index (χ1) is 7.63. The topological polar surface area (TPSA) is 52.6 Å². The molecule has 0 spiro atoms. The van der Waals surface area contributed by atoms with Gasteiger partial charge in [-0.3, -0.25) is 0 Å². The Morgan fingerprint density at radius 3 is 2.31 bits per heavy atom. The molecule has 0 heterocycles. The first kappa shape index (κ1) is 13.0. The normalized spacial score (nSPS) is 18.1. The van der Waals surface area contributed by atoms with Crippen LogP contribution in [0.4, 0.5) is 0 Å². The van der Waals surface area contributed by atoms with Crippen molar-refractivity contribution < 1.29 is 19.1 Å². The lowest BCUT2D eigenvalue weighted by Gasteiger charge is -2.28. The molecule has 0 unspecified atom stereocenters. The van der Waals surface area contributed by atoms with E-state index in [0.717, 1.165) is 44.9 Å². The molecular weight excluding hydrogens is 208 g/mol. The Balaban J connectivity index is 2.57. The fourth-order valence-electron chi connectivity index (χ4n) is 2.24. The second-order valence-electron chi connectivity index (χ2n) is 4.37. The maximum atomic E-state index is 11.4. The largest absolute Gasteiger partial charge is 0.461 e. The second kappa shape index (κ2) is 5.87. The van der Waals surface area contributed by atoms with Crippen LogP contribution in [0.2, 0.25) is 0 Å². The number of esters is 2. The van der Waals surface area contributed by atoms with Crippen LogP contribution in [0.15, 0.2) is 0 Å². The van der Waals surface area contributed by atoms with Gasteiger partial charge in [-0.15, -0.1) is 0 Å². The number of hydrogen-bond donors (Lipinski definition) is 0. The molecule has 1 aliphatic carbocycles. The minimum Gasteiger partial charge on any atom is -0.461 e. The quantitative estimate of drug-likeness (QED) is 0.547. The van der Waals surface area contributed by atoms with Crippen molar-refractivity contribution in [3.63, 3.8) is 0 Å². The lowest BCUT2D eigenvalue weighted by atomic mass is 9.95. The SMILES string of the molecule is CCCCC1(OC(=O)C(=O)OC)CCCC1. The van der Waals surface area contributed by atoms with Gasteiger partial charge in [-0.1, -0.05) is 13.3 Å². The molecule has 0 radical (unpaired) electrons. The van der Waals surface area contributed by atoms with Crippen LogP contribution >= 0.6 is 0 Å². The molecule has 0 aromatic heterocycles. The third-order valence-electron chi connectivity index (χ3n) is 3.16. The summed E-state index contributed by atoms with van der Waals surface area (Å²) in [6, 6.07) is 0. The molecule has 16 heavy (non-hydrogen) atoms. The van der Waals surface area contributed by atoms with Crippen molar-refractivity contribution in [2.75, 3.05) is 7.11 Å². The van der Waals surface area contributed by atoms with Crippen LogP contribution in [0.1, 0.15) is 51.9 Å². The Morgan fingerprint density at radius 1 is 1.19 bits per heavy atom. The summed E-state index contributed by atoms with van der Waals surface area (Å²) in [5.41, 5.74) is -0.402. The van der Waals surface area contributed by atoms with E-state index in [-0.39, 0.29) is 0 Å². The molecule has 0 amide bonds. The van der Waals surface area contributed by atoms with Crippen molar-refractivity contribution in [2.24, 2.45) is 0 Å². The standard InChI is InChI=1S/C12H20O4/c1-3-4-7-12(8-5-6-9-12)16-11(14)10(13)15-2/h3-9H2,1-2H3. The fourth-order valence-corrected chi connectivity index (χ4v) is 2.24. The van der Waals surface area contributed by atoms with Gasteiger partial charge < -0.3 is 9.47 Å². The fraction of sp³-hybridized carbons (Fsp3) is 0.833. The molecule has 1 saturated carbocycles. The summed E-state index contributed by atoms with van der Waals surface area (Å²) < 4.78 is 9.70. The lowest BCUT2D eigenvalue weighted by molar-refractivity contribution is -0.176. The minimum atomic E-state index is -0.900. The van der Waals surface area contributed by atoms with Gasteiger partial charge in [0.1, 0.15) is 5.60 Å². The molecule has 92 valence electrons. The summed E-state index contributed by atoms with van der Waals surface area (Å²) in [6.45, 7) is 2.10. The zero-order chi connectivity index (χ0) is 12.0. The van der Waals surface area contributed by atoms with Crippen molar-refractivity contribution >= 4 is 11.9 Å². The Morgan fingerprint density at radius 2 is 1.81 bits per heavy atom. The van der Waals surface area contributed by atoms with E-state index >= 15 is 0 Å². The lowest BCUT2D eigenvalue weighted by Crippen LogP contribution is -2.35. The van der Waals surface area contributed by atoms with Crippen LogP contribution in [0, 0.1) is 0 Å². The highest BCUT2D eigenvalue weighted by Gasteiger charge is 2.38. The number of carbonyl (C=O) groups is 2. The molecule has 0 bridgehead atoms. The van der Waals surface area contributed by atoms with Gasteiger partial charge in [0, 0.05) is 0 Å². The molecule has 0 N–H and O–H groups in total. The maximum Gasteiger partial charge on any atom is 0.418 e. The highest BCUT2D eigenvalue weighted by molar-refractivity contribution is 6.29. The Hall–Kier alpha value is -1.06. The average Bonchev–Trinajstić information content (AvgIpc) is 2.74. The summed E-state index contributed by atoms with van der Waals surface area (Å²) in [6.07, 6.45) is 6.82. The molecule has 1 aliphatic rings. The maximum absolute atomic E-state index is 11.4. The summed E-state index contributed by atoms with van der Waals surface area (Å²) in [4.78, 5) is 22.4. The van der Waals surface area contributed by atoms with Gasteiger partial charge in [0.25, 0.3) is 0 Å². The first-order valence-corrected chi connectivity index (χ1v) is 5.95. The summed E-state index contributed by atoms with van der Waals surface area (Å²) in [7, 11) is 1.19. The number of carbonyl (C=O) groups excluding carboxylic acids is 2. The highest BCUT2D eigenvalue weighted by atomic mass is 16.6. The van der Waals surface area contributed by atoms with E-state index in [1.807, 2.05) is 0 Å². The number of hydrogen-bond acceptors (Lipinski definition) is 4. The average molecular weight is 228 g/mol. The predicted octanol–water partition coefficient (Wildman–Crippen LogP) is 2.21. The molecule has 1 fully saturated rings. The summed E-state index contributed by atoms with van der Waals surface area (Å²) in [5, 5.41) is 0. The van der Waals surface area contributed by atoms with Crippen molar-refractivity contribution in [1.82, 2.24) is 0 Å². The molecular formula is C12H20O4. The Bertz CT molecular complexity index is 254. The monoisotopic (exact) mass is 228 g/mol. The molecule has 0 aliphatic heterocycles. The second-order valence-corrected chi connectivity index (χ2v) is 4.37. The number of rotatable bonds is 4. The molecule has 0 atom stereocenters. The molecule has 0 aromatic carbocycles. The minimum absolute atomic E-state index is 0.402. The zero-order valence-electron chi connectivity index (χ0n) is 10.1. The third kappa shape index (κ3) is 3.22. The third-order valence-corrected chi connectivity index (χ3v) is 3.16. The Kier molecular flexibility index (Phi) is 4.77.